The van der Waals surface area contributed by atoms with E-state index in [9.17, 15) is 4.79 Å². The van der Waals surface area contributed by atoms with E-state index in [1.807, 2.05) is 31.2 Å². The van der Waals surface area contributed by atoms with Crippen molar-refractivity contribution in [3.63, 3.8) is 0 Å². The topological polar surface area (TPSA) is 67.9 Å². The highest BCUT2D eigenvalue weighted by molar-refractivity contribution is 9.10. The normalized spacial score (nSPS) is 22.2. The lowest BCUT2D eigenvalue weighted by molar-refractivity contribution is 0.128. The van der Waals surface area contributed by atoms with E-state index in [1.54, 1.807) is 12.0 Å². The number of rotatable bonds is 5. The molecule has 1 atom stereocenters. The molecular formula is C14H18BrN3O2. The number of hydrogen-bond acceptors (Lipinski definition) is 3. The van der Waals surface area contributed by atoms with Gasteiger partial charge in [-0.3, -0.25) is 0 Å². The molecule has 2 rings (SSSR count). The van der Waals surface area contributed by atoms with E-state index in [0.717, 1.165) is 10.0 Å². The average Bonchev–Trinajstić information content (AvgIpc) is 2.61. The number of halogens is 1. The first-order valence-corrected chi connectivity index (χ1v) is 7.16. The Morgan fingerprint density at radius 2 is 2.05 bits per heavy atom. The number of urea groups is 1. The second-order valence-electron chi connectivity index (χ2n) is 5.00. The molecule has 0 aromatic heterocycles. The fraction of sp³-hybridized carbons (Fsp3) is 0.429. The number of amidine groups is 1. The molecule has 0 saturated carbocycles. The third-order valence-corrected chi connectivity index (χ3v) is 4.10. The summed E-state index contributed by atoms with van der Waals surface area (Å²) >= 11 is 3.41. The minimum Gasteiger partial charge on any atom is -0.385 e. The minimum atomic E-state index is -0.594. The van der Waals surface area contributed by atoms with Crippen LogP contribution < -0.4 is 5.73 Å². The number of amides is 2. The zero-order chi connectivity index (χ0) is 14.8. The predicted molar refractivity (Wildman–Crippen MR) is 81.9 cm³/mol. The van der Waals surface area contributed by atoms with Crippen LogP contribution in [0.25, 0.3) is 0 Å². The van der Waals surface area contributed by atoms with Crippen LogP contribution in [0.1, 0.15) is 12.5 Å². The monoisotopic (exact) mass is 339 g/mol. The van der Waals surface area contributed by atoms with E-state index < -0.39 is 5.54 Å². The zero-order valence-electron chi connectivity index (χ0n) is 11.6. The summed E-state index contributed by atoms with van der Waals surface area (Å²) in [5.74, 6) is 0.363. The van der Waals surface area contributed by atoms with Gasteiger partial charge in [0.2, 0.25) is 0 Å². The molecule has 1 unspecified atom stereocenters. The molecule has 0 spiro atoms. The fourth-order valence-electron chi connectivity index (χ4n) is 2.34. The number of methoxy groups -OCH3 is 1. The first-order chi connectivity index (χ1) is 9.47. The van der Waals surface area contributed by atoms with Crippen LogP contribution in [-0.2, 0) is 11.2 Å². The number of aliphatic imine (C=N–C) groups is 1. The van der Waals surface area contributed by atoms with Gasteiger partial charge in [0.15, 0.2) is 0 Å². The zero-order valence-corrected chi connectivity index (χ0v) is 13.2. The van der Waals surface area contributed by atoms with E-state index in [0.29, 0.717) is 25.4 Å². The highest BCUT2D eigenvalue weighted by Crippen LogP contribution is 2.27. The molecular weight excluding hydrogens is 322 g/mol. The van der Waals surface area contributed by atoms with Gasteiger partial charge >= 0.3 is 6.03 Å². The van der Waals surface area contributed by atoms with Gasteiger partial charge in [-0.25, -0.2) is 4.79 Å². The summed E-state index contributed by atoms with van der Waals surface area (Å²) in [6.45, 7) is 2.88. The second-order valence-corrected chi connectivity index (χ2v) is 5.92. The molecule has 6 heteroatoms. The van der Waals surface area contributed by atoms with Crippen molar-refractivity contribution in [2.75, 3.05) is 20.3 Å². The van der Waals surface area contributed by atoms with Crippen LogP contribution in [0.5, 0.6) is 0 Å². The summed E-state index contributed by atoms with van der Waals surface area (Å²) in [5, 5.41) is 0. The summed E-state index contributed by atoms with van der Waals surface area (Å²) in [5.41, 5.74) is 6.49. The van der Waals surface area contributed by atoms with Gasteiger partial charge in [-0.1, -0.05) is 28.1 Å². The molecule has 0 bridgehead atoms. The number of carbonyl (C=O) groups is 1. The molecule has 2 N–H and O–H groups in total. The van der Waals surface area contributed by atoms with Crippen LogP contribution in [0.4, 0.5) is 4.79 Å². The van der Waals surface area contributed by atoms with Crippen molar-refractivity contribution in [3.05, 3.63) is 34.3 Å². The van der Waals surface area contributed by atoms with Gasteiger partial charge in [-0.15, -0.1) is 0 Å². The van der Waals surface area contributed by atoms with Crippen LogP contribution in [0.2, 0.25) is 0 Å². The number of nitrogens with zero attached hydrogens (tertiary/aromatic N) is 2. The Kier molecular flexibility index (Phi) is 4.45. The maximum atomic E-state index is 11.9. The van der Waals surface area contributed by atoms with Crippen LogP contribution in [0, 0.1) is 0 Å². The van der Waals surface area contributed by atoms with Crippen molar-refractivity contribution in [1.29, 1.82) is 0 Å². The Morgan fingerprint density at radius 3 is 2.65 bits per heavy atom. The van der Waals surface area contributed by atoms with Crippen LogP contribution >= 0.6 is 15.9 Å². The Bertz CT molecular complexity index is 530. The number of nitrogens with two attached hydrogens (primary N) is 1. The van der Waals surface area contributed by atoms with E-state index in [-0.39, 0.29) is 6.03 Å². The fourth-order valence-corrected chi connectivity index (χ4v) is 2.61. The largest absolute Gasteiger partial charge is 0.385 e. The molecule has 1 aliphatic heterocycles. The Morgan fingerprint density at radius 1 is 1.40 bits per heavy atom. The van der Waals surface area contributed by atoms with Gasteiger partial charge in [0.05, 0.1) is 6.61 Å². The molecule has 1 aromatic carbocycles. The van der Waals surface area contributed by atoms with Crippen molar-refractivity contribution < 1.29 is 9.53 Å². The van der Waals surface area contributed by atoms with E-state index in [4.69, 9.17) is 10.5 Å². The Labute approximate surface area is 126 Å². The third kappa shape index (κ3) is 2.86. The number of carbonyl (C=O) groups excluding carboxylic acids is 1. The summed E-state index contributed by atoms with van der Waals surface area (Å²) in [4.78, 5) is 17.5. The summed E-state index contributed by atoms with van der Waals surface area (Å²) in [6, 6.07) is 7.68. The molecule has 1 aliphatic rings. The summed E-state index contributed by atoms with van der Waals surface area (Å²) in [7, 11) is 1.61. The SMILES string of the molecule is COCCN1C(=O)N=C(N)C1(C)Cc1ccc(Br)cc1. The molecule has 1 aromatic rings. The molecule has 1 heterocycles. The van der Waals surface area contributed by atoms with E-state index in [2.05, 4.69) is 20.9 Å². The van der Waals surface area contributed by atoms with Gasteiger partial charge in [-0.2, -0.15) is 4.99 Å². The average molecular weight is 340 g/mol. The van der Waals surface area contributed by atoms with Gasteiger partial charge in [0.1, 0.15) is 11.4 Å². The molecule has 2 amide bonds. The maximum absolute atomic E-state index is 11.9. The standard InChI is InChI=1S/C14H18BrN3O2/c1-14(9-10-3-5-11(15)6-4-10)12(16)17-13(19)18(14)7-8-20-2/h3-6H,7-9H2,1-2H3,(H2,16,17,19). The van der Waals surface area contributed by atoms with Crippen LogP contribution in [0.3, 0.4) is 0 Å². The maximum Gasteiger partial charge on any atom is 0.346 e. The molecule has 0 radical (unpaired) electrons. The molecule has 108 valence electrons. The quantitative estimate of drug-likeness (QED) is 0.893. The van der Waals surface area contributed by atoms with Crippen LogP contribution in [-0.4, -0.2) is 42.6 Å². The lowest BCUT2D eigenvalue weighted by Crippen LogP contribution is -2.54. The second kappa shape index (κ2) is 5.93. The van der Waals surface area contributed by atoms with Crippen molar-refractivity contribution in [2.45, 2.75) is 18.9 Å². The molecule has 20 heavy (non-hydrogen) atoms. The first-order valence-electron chi connectivity index (χ1n) is 6.37. The van der Waals surface area contributed by atoms with Gasteiger partial charge in [-0.05, 0) is 24.6 Å². The van der Waals surface area contributed by atoms with Crippen LogP contribution in [0.15, 0.2) is 33.7 Å². The smallest absolute Gasteiger partial charge is 0.346 e. The minimum absolute atomic E-state index is 0.292. The lowest BCUT2D eigenvalue weighted by Gasteiger charge is -2.34. The number of benzene rings is 1. The first kappa shape index (κ1) is 15.0. The highest BCUT2D eigenvalue weighted by atomic mass is 79.9. The summed E-state index contributed by atoms with van der Waals surface area (Å²) < 4.78 is 6.07. The van der Waals surface area contributed by atoms with Crippen molar-refractivity contribution in [3.8, 4) is 0 Å². The Balaban J connectivity index is 2.22. The van der Waals surface area contributed by atoms with Gasteiger partial charge in [0, 0.05) is 24.5 Å². The molecule has 5 nitrogen and oxygen atoms in total. The van der Waals surface area contributed by atoms with E-state index in [1.165, 1.54) is 0 Å². The summed E-state index contributed by atoms with van der Waals surface area (Å²) in [6.07, 6.45) is 0.630. The van der Waals surface area contributed by atoms with Gasteiger partial charge in [0.25, 0.3) is 0 Å². The number of hydrogen-bond donors (Lipinski definition) is 1. The van der Waals surface area contributed by atoms with Gasteiger partial charge < -0.3 is 15.4 Å². The third-order valence-electron chi connectivity index (χ3n) is 3.58. The lowest BCUT2D eigenvalue weighted by atomic mass is 9.90. The molecule has 0 fully saturated rings. The molecule has 0 saturated heterocycles. The molecule has 0 aliphatic carbocycles. The number of ether oxygens (including phenoxy) is 1. The highest BCUT2D eigenvalue weighted by Gasteiger charge is 2.44. The van der Waals surface area contributed by atoms with Crippen molar-refractivity contribution >= 4 is 27.8 Å². The van der Waals surface area contributed by atoms with E-state index >= 15 is 0 Å². The Hall–Kier alpha value is -1.40. The van der Waals surface area contributed by atoms with Crippen molar-refractivity contribution in [2.24, 2.45) is 10.7 Å². The predicted octanol–water partition coefficient (Wildman–Crippen LogP) is 2.19. The van der Waals surface area contributed by atoms with Crippen molar-refractivity contribution in [1.82, 2.24) is 4.90 Å².